The second-order valence-electron chi connectivity index (χ2n) is 6.71. The first-order valence-electron chi connectivity index (χ1n) is 8.69. The lowest BCUT2D eigenvalue weighted by Crippen LogP contribution is -2.45. The van der Waals surface area contributed by atoms with Crippen LogP contribution in [0.1, 0.15) is 19.4 Å². The number of anilines is 2. The quantitative estimate of drug-likeness (QED) is 0.446. The standard InChI is InChI=1S/C19H18F3N3O6/c1-11(26)23-12-3-6-14(7-4-12)31-10-18(2,28)17(27)24-13-5-8-16(25(29)30)15(9-13)19(20,21)22/h3-9,28H,10H2,1-2H3,(H,23,26)(H,24,27)/t18-/m1/s1. The topological polar surface area (TPSA) is 131 Å². The van der Waals surface area contributed by atoms with Crippen LogP contribution in [0.25, 0.3) is 0 Å². The van der Waals surface area contributed by atoms with Crippen LogP contribution in [0.4, 0.5) is 30.2 Å². The van der Waals surface area contributed by atoms with Gasteiger partial charge in [0.2, 0.25) is 5.91 Å². The molecule has 0 heterocycles. The Kier molecular flexibility index (Phi) is 6.85. The molecule has 1 atom stereocenters. The van der Waals surface area contributed by atoms with Crippen LogP contribution in [-0.4, -0.2) is 34.1 Å². The van der Waals surface area contributed by atoms with Gasteiger partial charge in [0.05, 0.1) is 4.92 Å². The van der Waals surface area contributed by atoms with Crippen molar-refractivity contribution in [2.45, 2.75) is 25.6 Å². The van der Waals surface area contributed by atoms with E-state index in [9.17, 15) is 38.0 Å². The maximum absolute atomic E-state index is 13.1. The summed E-state index contributed by atoms with van der Waals surface area (Å²) in [6.45, 7) is 1.88. The molecule has 0 unspecified atom stereocenters. The zero-order chi connectivity index (χ0) is 23.4. The molecule has 2 aromatic carbocycles. The molecule has 0 fully saturated rings. The number of benzene rings is 2. The summed E-state index contributed by atoms with van der Waals surface area (Å²) in [5.74, 6) is -1.09. The van der Waals surface area contributed by atoms with Crippen molar-refractivity contribution < 1.29 is 37.5 Å². The molecule has 12 heteroatoms. The number of hydrogen-bond acceptors (Lipinski definition) is 6. The molecule has 0 aliphatic heterocycles. The molecule has 3 N–H and O–H groups in total. The first-order valence-corrected chi connectivity index (χ1v) is 8.69. The molecule has 9 nitrogen and oxygen atoms in total. The third-order valence-electron chi connectivity index (χ3n) is 3.94. The summed E-state index contributed by atoms with van der Waals surface area (Å²) in [4.78, 5) is 32.9. The molecule has 2 amide bonds. The van der Waals surface area contributed by atoms with Gasteiger partial charge in [0.25, 0.3) is 11.6 Å². The predicted molar refractivity (Wildman–Crippen MR) is 104 cm³/mol. The summed E-state index contributed by atoms with van der Waals surface area (Å²) < 4.78 is 44.5. The lowest BCUT2D eigenvalue weighted by Gasteiger charge is -2.23. The lowest BCUT2D eigenvalue weighted by atomic mass is 10.1. The first-order chi connectivity index (χ1) is 14.3. The van der Waals surface area contributed by atoms with Crippen LogP contribution in [0.3, 0.4) is 0 Å². The van der Waals surface area contributed by atoms with Gasteiger partial charge in [0.15, 0.2) is 5.60 Å². The number of nitro groups is 1. The highest BCUT2D eigenvalue weighted by Crippen LogP contribution is 2.37. The zero-order valence-corrected chi connectivity index (χ0v) is 16.3. The Bertz CT molecular complexity index is 990. The van der Waals surface area contributed by atoms with E-state index in [1.807, 2.05) is 0 Å². The highest BCUT2D eigenvalue weighted by molar-refractivity contribution is 5.97. The number of nitrogens with one attached hydrogen (secondary N) is 2. The van der Waals surface area contributed by atoms with Crippen molar-refractivity contribution in [2.24, 2.45) is 0 Å². The number of aliphatic hydroxyl groups is 1. The monoisotopic (exact) mass is 441 g/mol. The molecule has 166 valence electrons. The molecule has 0 saturated heterocycles. The summed E-state index contributed by atoms with van der Waals surface area (Å²) in [5, 5.41) is 25.8. The minimum atomic E-state index is -5.02. The Hall–Kier alpha value is -3.67. The predicted octanol–water partition coefficient (Wildman–Crippen LogP) is 3.34. The van der Waals surface area contributed by atoms with Gasteiger partial charge < -0.3 is 20.5 Å². The highest BCUT2D eigenvalue weighted by Gasteiger charge is 2.39. The van der Waals surface area contributed by atoms with Gasteiger partial charge in [-0.2, -0.15) is 13.2 Å². The van der Waals surface area contributed by atoms with Crippen LogP contribution < -0.4 is 15.4 Å². The Morgan fingerprint density at radius 1 is 1.10 bits per heavy atom. The van der Waals surface area contributed by atoms with Crippen LogP contribution in [0.15, 0.2) is 42.5 Å². The van der Waals surface area contributed by atoms with Gasteiger partial charge in [-0.3, -0.25) is 19.7 Å². The number of hydrogen-bond donors (Lipinski definition) is 3. The van der Waals surface area contributed by atoms with E-state index in [2.05, 4.69) is 10.6 Å². The molecule has 0 spiro atoms. The number of rotatable bonds is 7. The third kappa shape index (κ3) is 6.40. The maximum Gasteiger partial charge on any atom is 0.423 e. The van der Waals surface area contributed by atoms with E-state index in [1.54, 1.807) is 0 Å². The van der Waals surface area contributed by atoms with Gasteiger partial charge in [-0.1, -0.05) is 0 Å². The summed E-state index contributed by atoms with van der Waals surface area (Å²) >= 11 is 0. The van der Waals surface area contributed by atoms with Gasteiger partial charge in [0.1, 0.15) is 17.9 Å². The van der Waals surface area contributed by atoms with E-state index >= 15 is 0 Å². The molecular formula is C19H18F3N3O6. The molecule has 0 aromatic heterocycles. The number of amides is 2. The first kappa shape index (κ1) is 23.6. The molecular weight excluding hydrogens is 423 g/mol. The average Bonchev–Trinajstić information content (AvgIpc) is 2.66. The molecule has 0 radical (unpaired) electrons. The molecule has 2 rings (SSSR count). The van der Waals surface area contributed by atoms with E-state index in [0.29, 0.717) is 17.8 Å². The van der Waals surface area contributed by atoms with Crippen molar-refractivity contribution in [3.63, 3.8) is 0 Å². The Balaban J connectivity index is 2.08. The van der Waals surface area contributed by atoms with E-state index in [1.165, 1.54) is 31.2 Å². The number of carbonyl (C=O) groups is 2. The SMILES string of the molecule is CC(=O)Nc1ccc(OC[C@@](C)(O)C(=O)Nc2ccc([N+](=O)[O-])c(C(F)(F)F)c2)cc1. The molecule has 31 heavy (non-hydrogen) atoms. The van der Waals surface area contributed by atoms with E-state index in [4.69, 9.17) is 4.74 Å². The van der Waals surface area contributed by atoms with Crippen molar-refractivity contribution in [3.05, 3.63) is 58.1 Å². The summed E-state index contributed by atoms with van der Waals surface area (Å²) in [7, 11) is 0. The Labute approximate surface area is 174 Å². The molecule has 2 aromatic rings. The van der Waals surface area contributed by atoms with Crippen molar-refractivity contribution in [1.82, 2.24) is 0 Å². The number of halogens is 3. The van der Waals surface area contributed by atoms with Gasteiger partial charge in [-0.25, -0.2) is 0 Å². The summed E-state index contributed by atoms with van der Waals surface area (Å²) in [6, 6.07) is 7.95. The van der Waals surface area contributed by atoms with E-state index in [-0.39, 0.29) is 17.3 Å². The third-order valence-corrected chi connectivity index (χ3v) is 3.94. The van der Waals surface area contributed by atoms with E-state index in [0.717, 1.165) is 13.0 Å². The maximum atomic E-state index is 13.1. The van der Waals surface area contributed by atoms with Gasteiger partial charge in [0, 0.05) is 24.4 Å². The fourth-order valence-electron chi connectivity index (χ4n) is 2.39. The minimum Gasteiger partial charge on any atom is -0.490 e. The minimum absolute atomic E-state index is 0.261. The number of ether oxygens (including phenoxy) is 1. The van der Waals surface area contributed by atoms with Gasteiger partial charge in [-0.15, -0.1) is 0 Å². The summed E-state index contributed by atoms with van der Waals surface area (Å²) in [6.07, 6.45) is -5.02. The van der Waals surface area contributed by atoms with Crippen LogP contribution in [0, 0.1) is 10.1 Å². The van der Waals surface area contributed by atoms with Crippen LogP contribution in [0.5, 0.6) is 5.75 Å². The van der Waals surface area contributed by atoms with Gasteiger partial charge in [-0.05, 0) is 43.3 Å². The zero-order valence-electron chi connectivity index (χ0n) is 16.3. The van der Waals surface area contributed by atoms with E-state index < -0.39 is 40.5 Å². The number of nitro benzene ring substituents is 1. The average molecular weight is 441 g/mol. The van der Waals surface area contributed by atoms with Crippen LogP contribution in [-0.2, 0) is 15.8 Å². The second-order valence-corrected chi connectivity index (χ2v) is 6.71. The number of carbonyl (C=O) groups excluding carboxylic acids is 2. The number of alkyl halides is 3. The van der Waals surface area contributed by atoms with Crippen LogP contribution >= 0.6 is 0 Å². The Morgan fingerprint density at radius 3 is 2.19 bits per heavy atom. The number of nitrogens with zero attached hydrogens (tertiary/aromatic N) is 1. The van der Waals surface area contributed by atoms with Crippen molar-refractivity contribution >= 4 is 28.9 Å². The Morgan fingerprint density at radius 2 is 1.68 bits per heavy atom. The fraction of sp³-hybridized carbons (Fsp3) is 0.263. The smallest absolute Gasteiger partial charge is 0.423 e. The van der Waals surface area contributed by atoms with Crippen molar-refractivity contribution in [3.8, 4) is 5.75 Å². The fourth-order valence-corrected chi connectivity index (χ4v) is 2.39. The molecule has 0 saturated carbocycles. The molecule has 0 aliphatic rings. The highest BCUT2D eigenvalue weighted by atomic mass is 19.4. The van der Waals surface area contributed by atoms with Crippen LogP contribution in [0.2, 0.25) is 0 Å². The van der Waals surface area contributed by atoms with Gasteiger partial charge >= 0.3 is 6.18 Å². The largest absolute Gasteiger partial charge is 0.490 e. The second kappa shape index (κ2) is 9.00. The lowest BCUT2D eigenvalue weighted by molar-refractivity contribution is -0.388. The normalized spacial score (nSPS) is 13.1. The van der Waals surface area contributed by atoms with Crippen molar-refractivity contribution in [1.29, 1.82) is 0 Å². The summed E-state index contributed by atoms with van der Waals surface area (Å²) in [5.41, 5.74) is -4.73. The van der Waals surface area contributed by atoms with Crippen molar-refractivity contribution in [2.75, 3.05) is 17.2 Å². The molecule has 0 aliphatic carbocycles. The molecule has 0 bridgehead atoms.